The smallest absolute Gasteiger partial charge is 0.309 e. The quantitative estimate of drug-likeness (QED) is 0.777. The van der Waals surface area contributed by atoms with Gasteiger partial charge in [0, 0.05) is 31.1 Å². The van der Waals surface area contributed by atoms with E-state index in [-0.39, 0.29) is 10.8 Å². The number of pyridine rings is 1. The largest absolute Gasteiger partial charge is 0.494 e. The van der Waals surface area contributed by atoms with Gasteiger partial charge in [0.2, 0.25) is 5.88 Å². The van der Waals surface area contributed by atoms with Crippen LogP contribution in [0.1, 0.15) is 5.69 Å². The third-order valence-corrected chi connectivity index (χ3v) is 3.62. The summed E-state index contributed by atoms with van der Waals surface area (Å²) in [7, 11) is 0. The van der Waals surface area contributed by atoms with Crippen molar-refractivity contribution in [2.24, 2.45) is 0 Å². The van der Waals surface area contributed by atoms with Gasteiger partial charge in [-0.2, -0.15) is 0 Å². The summed E-state index contributed by atoms with van der Waals surface area (Å²) in [6, 6.07) is 5.86. The zero-order valence-electron chi connectivity index (χ0n) is 9.48. The van der Waals surface area contributed by atoms with Crippen molar-refractivity contribution in [1.82, 2.24) is 14.0 Å². The lowest BCUT2D eigenvalue weighted by Crippen LogP contribution is -2.14. The number of fused-ring (bicyclic) bond motifs is 1. The van der Waals surface area contributed by atoms with Gasteiger partial charge in [0.1, 0.15) is 5.65 Å². The maximum atomic E-state index is 11.5. The molecule has 18 heavy (non-hydrogen) atoms. The first-order valence-corrected chi connectivity index (χ1v) is 6.42. The molecule has 0 fully saturated rings. The van der Waals surface area contributed by atoms with Gasteiger partial charge in [-0.25, -0.2) is 4.98 Å². The number of nitrogens with zero attached hydrogens (tertiary/aromatic N) is 3. The number of hydrogen-bond donors (Lipinski definition) is 1. The molecule has 3 heterocycles. The van der Waals surface area contributed by atoms with E-state index in [2.05, 4.69) is 4.98 Å². The van der Waals surface area contributed by atoms with Crippen molar-refractivity contribution in [3.63, 3.8) is 0 Å². The number of rotatable bonds is 3. The fourth-order valence-corrected chi connectivity index (χ4v) is 2.61. The van der Waals surface area contributed by atoms with Crippen LogP contribution in [-0.2, 0) is 13.0 Å². The number of aromatic hydroxyl groups is 1. The molecule has 3 aromatic heterocycles. The van der Waals surface area contributed by atoms with Gasteiger partial charge in [-0.1, -0.05) is 17.4 Å². The number of thiazole rings is 1. The van der Waals surface area contributed by atoms with Crippen molar-refractivity contribution in [1.29, 1.82) is 0 Å². The van der Waals surface area contributed by atoms with Gasteiger partial charge in [-0.15, -0.1) is 0 Å². The second-order valence-corrected chi connectivity index (χ2v) is 4.75. The number of aromatic nitrogens is 3. The third-order valence-electron chi connectivity index (χ3n) is 2.87. The minimum absolute atomic E-state index is 0.0304. The van der Waals surface area contributed by atoms with Crippen LogP contribution in [0.5, 0.6) is 5.88 Å². The molecule has 0 aliphatic carbocycles. The lowest BCUT2D eigenvalue weighted by atomic mass is 10.2. The van der Waals surface area contributed by atoms with Crippen LogP contribution < -0.4 is 4.87 Å². The molecule has 0 saturated carbocycles. The van der Waals surface area contributed by atoms with E-state index in [4.69, 9.17) is 0 Å². The predicted molar refractivity (Wildman–Crippen MR) is 69.1 cm³/mol. The van der Waals surface area contributed by atoms with E-state index in [1.54, 1.807) is 6.20 Å². The first-order valence-electron chi connectivity index (χ1n) is 5.54. The molecule has 0 aliphatic rings. The first kappa shape index (κ1) is 11.0. The lowest BCUT2D eigenvalue weighted by molar-refractivity contribution is 0.413. The summed E-state index contributed by atoms with van der Waals surface area (Å²) in [6.07, 6.45) is 4.30. The summed E-state index contributed by atoms with van der Waals surface area (Å²) in [5.74, 6) is 0.0304. The van der Waals surface area contributed by atoms with E-state index in [0.717, 1.165) is 22.7 Å². The molecule has 5 nitrogen and oxygen atoms in total. The second kappa shape index (κ2) is 4.30. The SMILES string of the molecule is O=c1scc(O)n1CCc1cccc2nccn12. The summed E-state index contributed by atoms with van der Waals surface area (Å²) in [5.41, 5.74) is 1.94. The van der Waals surface area contributed by atoms with E-state index < -0.39 is 0 Å². The fraction of sp³-hybridized carbons (Fsp3) is 0.167. The topological polar surface area (TPSA) is 59.5 Å². The van der Waals surface area contributed by atoms with Gasteiger partial charge >= 0.3 is 4.87 Å². The summed E-state index contributed by atoms with van der Waals surface area (Å²) in [5, 5.41) is 11.0. The van der Waals surface area contributed by atoms with Gasteiger partial charge < -0.3 is 9.51 Å². The highest BCUT2D eigenvalue weighted by atomic mass is 32.1. The van der Waals surface area contributed by atoms with Crippen LogP contribution >= 0.6 is 11.3 Å². The van der Waals surface area contributed by atoms with Crippen LogP contribution in [0.25, 0.3) is 5.65 Å². The standard InChI is InChI=1S/C12H11N3O2S/c16-11-8-18-12(17)15(11)6-4-9-2-1-3-10-13-5-7-14(9)10/h1-3,5,7-8,16H,4,6H2. The van der Waals surface area contributed by atoms with E-state index in [9.17, 15) is 9.90 Å². The van der Waals surface area contributed by atoms with Crippen molar-refractivity contribution in [3.8, 4) is 5.88 Å². The average molecular weight is 261 g/mol. The zero-order valence-corrected chi connectivity index (χ0v) is 10.3. The Labute approximate surface area is 107 Å². The normalized spacial score (nSPS) is 11.1. The van der Waals surface area contributed by atoms with Crippen LogP contribution in [0, 0.1) is 0 Å². The van der Waals surface area contributed by atoms with Crippen molar-refractivity contribution in [2.75, 3.05) is 0 Å². The molecule has 0 unspecified atom stereocenters. The van der Waals surface area contributed by atoms with E-state index in [1.165, 1.54) is 9.95 Å². The molecule has 0 atom stereocenters. The Balaban J connectivity index is 1.90. The molecular weight excluding hydrogens is 250 g/mol. The molecule has 0 bridgehead atoms. The Morgan fingerprint density at radius 3 is 3.06 bits per heavy atom. The summed E-state index contributed by atoms with van der Waals surface area (Å²) >= 11 is 1.01. The summed E-state index contributed by atoms with van der Waals surface area (Å²) in [4.78, 5) is 15.5. The minimum atomic E-state index is -0.134. The van der Waals surface area contributed by atoms with E-state index in [0.29, 0.717) is 13.0 Å². The first-order chi connectivity index (χ1) is 8.75. The molecule has 1 N–H and O–H groups in total. The van der Waals surface area contributed by atoms with Gasteiger partial charge in [0.25, 0.3) is 0 Å². The van der Waals surface area contributed by atoms with Crippen molar-refractivity contribution in [2.45, 2.75) is 13.0 Å². The van der Waals surface area contributed by atoms with Crippen LogP contribution in [0.4, 0.5) is 0 Å². The van der Waals surface area contributed by atoms with Gasteiger partial charge in [-0.3, -0.25) is 9.36 Å². The Hall–Kier alpha value is -2.08. The Bertz CT molecular complexity index is 741. The number of imidazole rings is 1. The highest BCUT2D eigenvalue weighted by Crippen LogP contribution is 2.12. The van der Waals surface area contributed by atoms with Crippen molar-refractivity contribution < 1.29 is 5.11 Å². The van der Waals surface area contributed by atoms with E-state index >= 15 is 0 Å². The highest BCUT2D eigenvalue weighted by molar-refractivity contribution is 7.07. The van der Waals surface area contributed by atoms with Crippen LogP contribution in [0.3, 0.4) is 0 Å². The molecule has 0 aromatic carbocycles. The Kier molecular flexibility index (Phi) is 2.64. The summed E-state index contributed by atoms with van der Waals surface area (Å²) in [6.45, 7) is 0.464. The Morgan fingerprint density at radius 1 is 1.39 bits per heavy atom. The van der Waals surface area contributed by atoms with E-state index in [1.807, 2.05) is 28.8 Å². The fourth-order valence-electron chi connectivity index (χ4n) is 1.97. The maximum Gasteiger partial charge on any atom is 0.309 e. The predicted octanol–water partition coefficient (Wildman–Crippen LogP) is 1.51. The molecule has 0 amide bonds. The second-order valence-electron chi connectivity index (χ2n) is 3.93. The molecule has 0 radical (unpaired) electrons. The monoisotopic (exact) mass is 261 g/mol. The van der Waals surface area contributed by atoms with Crippen LogP contribution in [-0.4, -0.2) is 19.1 Å². The lowest BCUT2D eigenvalue weighted by Gasteiger charge is -2.06. The zero-order chi connectivity index (χ0) is 12.5. The molecule has 3 aromatic rings. The van der Waals surface area contributed by atoms with Crippen LogP contribution in [0.2, 0.25) is 0 Å². The molecule has 0 saturated heterocycles. The molecule has 92 valence electrons. The van der Waals surface area contributed by atoms with Crippen LogP contribution in [0.15, 0.2) is 40.8 Å². The molecule has 6 heteroatoms. The van der Waals surface area contributed by atoms with Gasteiger partial charge in [0.15, 0.2) is 0 Å². The van der Waals surface area contributed by atoms with Gasteiger partial charge in [-0.05, 0) is 12.1 Å². The molecule has 0 spiro atoms. The molecular formula is C12H11N3O2S. The minimum Gasteiger partial charge on any atom is -0.494 e. The summed E-state index contributed by atoms with van der Waals surface area (Å²) < 4.78 is 3.36. The maximum absolute atomic E-state index is 11.5. The highest BCUT2D eigenvalue weighted by Gasteiger charge is 2.06. The Morgan fingerprint density at radius 2 is 2.28 bits per heavy atom. The number of hydrogen-bond acceptors (Lipinski definition) is 4. The van der Waals surface area contributed by atoms with Crippen molar-refractivity contribution in [3.05, 3.63) is 51.3 Å². The van der Waals surface area contributed by atoms with Crippen molar-refractivity contribution >= 4 is 17.0 Å². The van der Waals surface area contributed by atoms with Gasteiger partial charge in [0.05, 0.1) is 5.38 Å². The number of aryl methyl sites for hydroxylation is 1. The third kappa shape index (κ3) is 1.80. The molecule has 0 aliphatic heterocycles. The molecule has 3 rings (SSSR count). The average Bonchev–Trinajstić information content (AvgIpc) is 2.95.